The van der Waals surface area contributed by atoms with Gasteiger partial charge in [-0.3, -0.25) is 9.59 Å². The van der Waals surface area contributed by atoms with Gasteiger partial charge in [0.2, 0.25) is 17.7 Å². The van der Waals surface area contributed by atoms with Gasteiger partial charge in [-0.1, -0.05) is 69.0 Å². The number of ether oxygens (including phenoxy) is 2. The molecule has 7 aliphatic rings. The molecular formula is C60H69N11O7S. The number of phenols is 1. The first-order valence-corrected chi connectivity index (χ1v) is 28.7. The zero-order chi connectivity index (χ0) is 54.7. The predicted molar refractivity (Wildman–Crippen MR) is 300 cm³/mol. The van der Waals surface area contributed by atoms with Gasteiger partial charge in [0, 0.05) is 85.7 Å². The number of hydrogen-bond acceptors (Lipinski definition) is 17. The third kappa shape index (κ3) is 10.0. The molecule has 0 spiro atoms. The number of anilines is 3. The number of piperazine rings is 1. The molecular weight excluding hydrogens is 1020 g/mol. The van der Waals surface area contributed by atoms with Crippen LogP contribution in [0.15, 0.2) is 89.0 Å². The molecule has 7 fully saturated rings. The zero-order valence-electron chi connectivity index (χ0n) is 45.3. The Balaban J connectivity index is 0.580. The molecule has 2 unspecified atom stereocenters. The van der Waals surface area contributed by atoms with Gasteiger partial charge >= 0.3 is 0 Å². The van der Waals surface area contributed by atoms with Crippen molar-refractivity contribution in [1.82, 2.24) is 40.9 Å². The highest BCUT2D eigenvalue weighted by Gasteiger charge is 2.72. The van der Waals surface area contributed by atoms with Crippen LogP contribution < -0.4 is 35.6 Å². The highest BCUT2D eigenvalue weighted by atomic mass is 32.1. The molecule has 2 aromatic carbocycles. The molecule has 4 bridgehead atoms. The molecule has 412 valence electrons. The number of thiazole rings is 1. The van der Waals surface area contributed by atoms with Crippen molar-refractivity contribution in [2.24, 2.45) is 22.7 Å². The Morgan fingerprint density at radius 1 is 0.962 bits per heavy atom. The fraction of sp³-hybridized carbons (Fsp3) is 0.483. The van der Waals surface area contributed by atoms with Gasteiger partial charge in [-0.25, -0.2) is 9.97 Å². The topological polar surface area (TPSA) is 230 Å². The maximum Gasteiger partial charge on any atom is 0.255 e. The van der Waals surface area contributed by atoms with Gasteiger partial charge in [0.15, 0.2) is 18.2 Å². The standard InChI is InChI=1S/C60H69N11O7S/c1-34(2)54(58(75)70-29-44(72)24-49(70)57(74)65-35(3)38-11-13-39(14-12-38)55-36(4)64-33-79-55)51-26-53(68-78-51)76-20-8-18-59-30-60(31-59,37(59)5)32-63-40-21-45(22-40)77-52-23-41(17-19-62-52)71-42-15-16-43(71)28-69(27-42)48-25-47(66-67-56(48)61)46-9-6-7-10-50(46)73/h6-7,9-14,17,19,23,25-26,33-35,37,40,42-45,49,54,63,72-73H,15-16,20-22,24,27-32H2,1-5H3,(H2,61,67)(H,65,74)/t35-,37+,40-,42?,43?,44+,45-,49-,54+,59?,60?/m0/s1. The highest BCUT2D eigenvalue weighted by molar-refractivity contribution is 7.13. The summed E-state index contributed by atoms with van der Waals surface area (Å²) in [5, 5.41) is 40.8. The molecule has 4 saturated carbocycles. The van der Waals surface area contributed by atoms with Crippen LogP contribution >= 0.6 is 11.3 Å². The van der Waals surface area contributed by atoms with Gasteiger partial charge in [-0.05, 0) is 110 Å². The number of carbonyl (C=O) groups excluding carboxylic acids is 2. The summed E-state index contributed by atoms with van der Waals surface area (Å²) < 4.78 is 18.1. The quantitative estimate of drug-likeness (QED) is 0.0552. The predicted octanol–water partition coefficient (Wildman–Crippen LogP) is 7.68. The molecule has 3 aliphatic heterocycles. The number of aromatic nitrogens is 5. The van der Waals surface area contributed by atoms with Crippen LogP contribution in [-0.4, -0.2) is 121 Å². The second-order valence-corrected chi connectivity index (χ2v) is 24.2. The molecule has 19 heteroatoms. The molecule has 0 radical (unpaired) electrons. The lowest BCUT2D eigenvalue weighted by molar-refractivity contribution is -0.230. The van der Waals surface area contributed by atoms with E-state index in [0.29, 0.717) is 52.8 Å². The maximum absolute atomic E-state index is 14.3. The van der Waals surface area contributed by atoms with Crippen molar-refractivity contribution < 1.29 is 33.8 Å². The number of fused-ring (bicyclic) bond motifs is 2. The number of hydrogen-bond donors (Lipinski definition) is 5. The van der Waals surface area contributed by atoms with E-state index in [-0.39, 0.29) is 71.9 Å². The number of β-amino-alcohol motifs (C(OH)–C–C–N with tert-alkyl or cyclic N) is 1. The maximum atomic E-state index is 14.3. The first kappa shape index (κ1) is 52.4. The average molecular weight is 1090 g/mol. The van der Waals surface area contributed by atoms with E-state index >= 15 is 0 Å². The number of benzene rings is 2. The summed E-state index contributed by atoms with van der Waals surface area (Å²) in [6.45, 7) is 12.8. The number of carbonyl (C=O) groups is 2. The smallest absolute Gasteiger partial charge is 0.255 e. The Morgan fingerprint density at radius 3 is 2.46 bits per heavy atom. The summed E-state index contributed by atoms with van der Waals surface area (Å²) in [5.74, 6) is 7.50. The lowest BCUT2D eigenvalue weighted by Crippen LogP contribution is -2.72. The highest BCUT2D eigenvalue weighted by Crippen LogP contribution is 2.76. The first-order chi connectivity index (χ1) is 38.1. The number of aliphatic hydroxyl groups excluding tert-OH is 1. The minimum atomic E-state index is -0.837. The van der Waals surface area contributed by atoms with E-state index in [1.165, 1.54) is 4.90 Å². The molecule has 6 N–H and O–H groups in total. The number of phenolic OH excluding ortho intramolecular Hbond substituents is 1. The van der Waals surface area contributed by atoms with E-state index in [9.17, 15) is 19.8 Å². The average Bonchev–Trinajstić information content (AvgIpc) is 2.74. The SMILES string of the molecule is Cc1ncsc1-c1ccc([C@H](C)NC(=O)[C@@H]2C[C@@H](O)CN2C(=O)[C@@H](c2cc(OCC#CC34CC(CN[C@H]5C[C@H](Oc6cc(N7C8CCC7CN(c7cc(-c9ccccc9O)nnc7N)C8)ccn6)C5)(C3)[C@@H]4C)no2)C(C)C)cc1. The van der Waals surface area contributed by atoms with E-state index in [1.807, 2.05) is 81.9 Å². The van der Waals surface area contributed by atoms with Crippen molar-refractivity contribution in [2.75, 3.05) is 48.3 Å². The largest absolute Gasteiger partial charge is 0.507 e. The van der Waals surface area contributed by atoms with Crippen molar-refractivity contribution in [3.8, 4) is 51.0 Å². The summed E-state index contributed by atoms with van der Waals surface area (Å²) >= 11 is 1.59. The molecule has 79 heavy (non-hydrogen) atoms. The number of aliphatic hydroxyl groups is 1. The van der Waals surface area contributed by atoms with Crippen molar-refractivity contribution in [1.29, 1.82) is 0 Å². The number of nitrogen functional groups attached to an aromatic ring is 1. The van der Waals surface area contributed by atoms with Gasteiger partial charge in [0.25, 0.3) is 5.88 Å². The fourth-order valence-electron chi connectivity index (χ4n) is 13.5. The molecule has 13 rings (SSSR count). The summed E-state index contributed by atoms with van der Waals surface area (Å²) in [4.78, 5) is 44.4. The molecule has 6 aromatic rings. The zero-order valence-corrected chi connectivity index (χ0v) is 46.2. The Kier molecular flexibility index (Phi) is 14.0. The van der Waals surface area contributed by atoms with Gasteiger partial charge in [-0.2, -0.15) is 0 Å². The summed E-state index contributed by atoms with van der Waals surface area (Å²) in [7, 11) is 0. The second-order valence-electron chi connectivity index (χ2n) is 23.3. The summed E-state index contributed by atoms with van der Waals surface area (Å²) in [6, 6.07) is 22.8. The molecule has 7 heterocycles. The number of rotatable bonds is 17. The van der Waals surface area contributed by atoms with E-state index < -0.39 is 18.1 Å². The number of para-hydroxylation sites is 1. The number of nitrogens with zero attached hydrogens (tertiary/aromatic N) is 8. The Bertz CT molecular complexity index is 3270. The molecule has 4 aliphatic carbocycles. The number of pyridine rings is 1. The molecule has 4 aromatic heterocycles. The molecule has 18 nitrogen and oxygen atoms in total. The van der Waals surface area contributed by atoms with E-state index in [2.05, 4.69) is 76.7 Å². The Labute approximate surface area is 464 Å². The van der Waals surface area contributed by atoms with Crippen LogP contribution in [0.4, 0.5) is 17.2 Å². The number of aromatic hydroxyl groups is 1. The molecule has 3 saturated heterocycles. The van der Waals surface area contributed by atoms with Gasteiger partial charge in [-0.15, -0.1) is 21.5 Å². The second kappa shape index (κ2) is 21.1. The number of aryl methyl sites for hydroxylation is 1. The Hall–Kier alpha value is -7.27. The summed E-state index contributed by atoms with van der Waals surface area (Å²) in [5.41, 5.74) is 14.7. The molecule has 7 atom stereocenters. The third-order valence-corrected chi connectivity index (χ3v) is 19.0. The van der Waals surface area contributed by atoms with Crippen molar-refractivity contribution in [2.45, 2.75) is 128 Å². The van der Waals surface area contributed by atoms with Crippen LogP contribution in [0.5, 0.6) is 17.5 Å². The van der Waals surface area contributed by atoms with E-state index in [1.54, 1.807) is 29.5 Å². The number of nitrogens with two attached hydrogens (primary N) is 1. The number of amides is 2. The van der Waals surface area contributed by atoms with E-state index in [0.717, 1.165) is 91.2 Å². The van der Waals surface area contributed by atoms with Crippen molar-refractivity contribution in [3.63, 3.8) is 0 Å². The lowest BCUT2D eigenvalue weighted by atomic mass is 9.29. The Morgan fingerprint density at radius 2 is 1.73 bits per heavy atom. The monoisotopic (exact) mass is 1090 g/mol. The van der Waals surface area contributed by atoms with Crippen LogP contribution in [0.25, 0.3) is 21.7 Å². The minimum Gasteiger partial charge on any atom is -0.507 e. The van der Waals surface area contributed by atoms with Crippen LogP contribution in [0.2, 0.25) is 0 Å². The lowest BCUT2D eigenvalue weighted by Gasteiger charge is -2.74. The number of likely N-dealkylation sites (tertiary alicyclic amines) is 1. The van der Waals surface area contributed by atoms with Crippen molar-refractivity contribution in [3.05, 3.63) is 102 Å². The molecule has 2 amide bonds. The van der Waals surface area contributed by atoms with Gasteiger partial charge in [0.1, 0.15) is 23.8 Å². The van der Waals surface area contributed by atoms with Gasteiger partial charge in [0.05, 0.1) is 39.6 Å². The third-order valence-electron chi connectivity index (χ3n) is 18.0. The normalized spacial score (nSPS) is 27.3. The van der Waals surface area contributed by atoms with Crippen LogP contribution in [0, 0.1) is 41.4 Å². The minimum absolute atomic E-state index is 0.00352. The van der Waals surface area contributed by atoms with Gasteiger partial charge < -0.3 is 55.3 Å². The van der Waals surface area contributed by atoms with E-state index in [4.69, 9.17) is 19.7 Å². The number of nitrogens with one attached hydrogen (secondary N) is 2. The first-order valence-electron chi connectivity index (χ1n) is 27.8. The van der Waals surface area contributed by atoms with Crippen molar-refractivity contribution >= 4 is 40.3 Å². The fourth-order valence-corrected chi connectivity index (χ4v) is 14.3. The summed E-state index contributed by atoms with van der Waals surface area (Å²) in [6.07, 6.45) is 7.43. The van der Waals surface area contributed by atoms with Crippen LogP contribution in [0.1, 0.15) is 102 Å². The van der Waals surface area contributed by atoms with Crippen LogP contribution in [-0.2, 0) is 9.59 Å². The van der Waals surface area contributed by atoms with Crippen LogP contribution in [0.3, 0.4) is 0 Å².